The standard InChI is InChI=1S/C15H17N3OS2/c1-10-5-6-12(21-10)14-13(11-4-2-3-7-16-11)17-15(20)18(14)8-9-19/h2-7,13-14,19H,8-9H2,1H3,(H,17,20)/t13-,14+/m1/s1. The molecule has 3 rings (SSSR count). The number of nitrogens with one attached hydrogen (secondary N) is 1. The first-order valence-corrected chi connectivity index (χ1v) is 8.08. The van der Waals surface area contributed by atoms with Crippen LogP contribution < -0.4 is 5.32 Å². The van der Waals surface area contributed by atoms with Gasteiger partial charge < -0.3 is 15.3 Å². The zero-order valence-electron chi connectivity index (χ0n) is 11.7. The lowest BCUT2D eigenvalue weighted by Crippen LogP contribution is -2.31. The Morgan fingerprint density at radius 2 is 2.24 bits per heavy atom. The number of thiocarbonyl (C=S) groups is 1. The molecule has 1 aliphatic heterocycles. The van der Waals surface area contributed by atoms with Crippen molar-refractivity contribution >= 4 is 28.7 Å². The molecule has 0 amide bonds. The van der Waals surface area contributed by atoms with Crippen LogP contribution in [0.5, 0.6) is 0 Å². The van der Waals surface area contributed by atoms with Gasteiger partial charge in [-0.15, -0.1) is 11.3 Å². The summed E-state index contributed by atoms with van der Waals surface area (Å²) in [5.41, 5.74) is 0.969. The molecule has 110 valence electrons. The van der Waals surface area contributed by atoms with Crippen LogP contribution in [0.2, 0.25) is 0 Å². The van der Waals surface area contributed by atoms with E-state index in [0.717, 1.165) is 5.69 Å². The fraction of sp³-hybridized carbons (Fsp3) is 0.333. The zero-order chi connectivity index (χ0) is 14.8. The minimum Gasteiger partial charge on any atom is -0.395 e. The van der Waals surface area contributed by atoms with E-state index in [-0.39, 0.29) is 18.7 Å². The third-order valence-corrected chi connectivity index (χ3v) is 5.02. The van der Waals surface area contributed by atoms with E-state index in [1.54, 1.807) is 17.5 Å². The molecule has 0 radical (unpaired) electrons. The number of aromatic nitrogens is 1. The second-order valence-electron chi connectivity index (χ2n) is 4.99. The number of aliphatic hydroxyl groups is 1. The quantitative estimate of drug-likeness (QED) is 0.848. The predicted octanol–water partition coefficient (Wildman–Crippen LogP) is 2.42. The first-order chi connectivity index (χ1) is 10.2. The fourth-order valence-electron chi connectivity index (χ4n) is 2.68. The average molecular weight is 319 g/mol. The van der Waals surface area contributed by atoms with Crippen molar-refractivity contribution in [3.8, 4) is 0 Å². The first-order valence-electron chi connectivity index (χ1n) is 6.86. The molecule has 1 aliphatic rings. The lowest BCUT2D eigenvalue weighted by Gasteiger charge is -2.26. The Kier molecular flexibility index (Phi) is 4.19. The van der Waals surface area contributed by atoms with Gasteiger partial charge >= 0.3 is 0 Å². The third kappa shape index (κ3) is 2.79. The van der Waals surface area contributed by atoms with Gasteiger partial charge in [0.05, 0.1) is 24.4 Å². The van der Waals surface area contributed by atoms with E-state index >= 15 is 0 Å². The van der Waals surface area contributed by atoms with Gasteiger partial charge in [0.1, 0.15) is 0 Å². The summed E-state index contributed by atoms with van der Waals surface area (Å²) in [5.74, 6) is 0. The predicted molar refractivity (Wildman–Crippen MR) is 88.3 cm³/mol. The molecule has 1 fully saturated rings. The third-order valence-electron chi connectivity index (χ3n) is 3.59. The van der Waals surface area contributed by atoms with E-state index in [1.807, 2.05) is 18.2 Å². The lowest BCUT2D eigenvalue weighted by molar-refractivity contribution is 0.224. The van der Waals surface area contributed by atoms with Crippen LogP contribution in [-0.2, 0) is 0 Å². The van der Waals surface area contributed by atoms with Gasteiger partial charge in [0.2, 0.25) is 0 Å². The highest BCUT2D eigenvalue weighted by Crippen LogP contribution is 2.40. The lowest BCUT2D eigenvalue weighted by atomic mass is 10.0. The summed E-state index contributed by atoms with van der Waals surface area (Å²) in [6, 6.07) is 10.3. The number of thiophene rings is 1. The highest BCUT2D eigenvalue weighted by molar-refractivity contribution is 7.80. The number of aliphatic hydroxyl groups excluding tert-OH is 1. The van der Waals surface area contributed by atoms with Crippen molar-refractivity contribution in [2.24, 2.45) is 0 Å². The Balaban J connectivity index is 2.00. The van der Waals surface area contributed by atoms with Gasteiger partial charge in [0.15, 0.2) is 5.11 Å². The van der Waals surface area contributed by atoms with Crippen LogP contribution in [-0.4, -0.2) is 33.3 Å². The van der Waals surface area contributed by atoms with E-state index in [0.29, 0.717) is 11.7 Å². The van der Waals surface area contributed by atoms with Crippen LogP contribution in [0.25, 0.3) is 0 Å². The summed E-state index contributed by atoms with van der Waals surface area (Å²) in [6.45, 7) is 2.70. The Labute approximate surface area is 133 Å². The SMILES string of the molecule is Cc1ccc([C@H]2[C@@H](c3ccccn3)NC(=S)N2CCO)s1. The van der Waals surface area contributed by atoms with Gasteiger partial charge in [-0.2, -0.15) is 0 Å². The number of nitrogens with zero attached hydrogens (tertiary/aromatic N) is 2. The van der Waals surface area contributed by atoms with Crippen molar-refractivity contribution in [3.63, 3.8) is 0 Å². The second-order valence-corrected chi connectivity index (χ2v) is 6.70. The molecule has 4 nitrogen and oxygen atoms in total. The van der Waals surface area contributed by atoms with Crippen LogP contribution in [0, 0.1) is 6.92 Å². The van der Waals surface area contributed by atoms with E-state index in [9.17, 15) is 5.11 Å². The molecule has 6 heteroatoms. The highest BCUT2D eigenvalue weighted by atomic mass is 32.1. The molecular formula is C15H17N3OS2. The summed E-state index contributed by atoms with van der Waals surface area (Å²) >= 11 is 7.21. The maximum atomic E-state index is 9.33. The molecule has 3 heterocycles. The minimum absolute atomic E-state index is 0.0169. The smallest absolute Gasteiger partial charge is 0.170 e. The van der Waals surface area contributed by atoms with Gasteiger partial charge in [-0.25, -0.2) is 0 Å². The topological polar surface area (TPSA) is 48.4 Å². The molecule has 0 bridgehead atoms. The maximum Gasteiger partial charge on any atom is 0.170 e. The molecule has 1 saturated heterocycles. The van der Waals surface area contributed by atoms with Crippen molar-refractivity contribution in [1.29, 1.82) is 0 Å². The summed E-state index contributed by atoms with van der Waals surface area (Å²) in [5, 5.41) is 13.4. The molecule has 2 N–H and O–H groups in total. The number of β-amino-alcohol motifs (C(OH)–C–C–N with tert-alkyl or cyclic N) is 1. The van der Waals surface area contributed by atoms with Crippen LogP contribution in [0.1, 0.15) is 27.5 Å². The van der Waals surface area contributed by atoms with Crippen molar-refractivity contribution in [3.05, 3.63) is 52.0 Å². The monoisotopic (exact) mass is 319 g/mol. The van der Waals surface area contributed by atoms with Crippen molar-refractivity contribution < 1.29 is 5.11 Å². The van der Waals surface area contributed by atoms with Gasteiger partial charge in [0.25, 0.3) is 0 Å². The summed E-state index contributed by atoms with van der Waals surface area (Å²) < 4.78 is 0. The van der Waals surface area contributed by atoms with Crippen LogP contribution in [0.4, 0.5) is 0 Å². The van der Waals surface area contributed by atoms with E-state index in [4.69, 9.17) is 12.2 Å². The van der Waals surface area contributed by atoms with Crippen LogP contribution in [0.3, 0.4) is 0 Å². The van der Waals surface area contributed by atoms with E-state index in [2.05, 4.69) is 34.3 Å². The maximum absolute atomic E-state index is 9.33. The summed E-state index contributed by atoms with van der Waals surface area (Å²) in [7, 11) is 0. The van der Waals surface area contributed by atoms with E-state index in [1.165, 1.54) is 9.75 Å². The van der Waals surface area contributed by atoms with E-state index < -0.39 is 0 Å². The number of aryl methyl sites for hydroxylation is 1. The minimum atomic E-state index is 0.0169. The highest BCUT2D eigenvalue weighted by Gasteiger charge is 2.39. The van der Waals surface area contributed by atoms with Crippen molar-refractivity contribution in [1.82, 2.24) is 15.2 Å². The number of rotatable bonds is 4. The average Bonchev–Trinajstić information content (AvgIpc) is 3.05. The molecule has 2 atom stereocenters. The van der Waals surface area contributed by atoms with Gasteiger partial charge in [-0.3, -0.25) is 4.98 Å². The van der Waals surface area contributed by atoms with Crippen LogP contribution >= 0.6 is 23.6 Å². The molecule has 2 aromatic rings. The molecule has 21 heavy (non-hydrogen) atoms. The van der Waals surface area contributed by atoms with Gasteiger partial charge in [-0.1, -0.05) is 6.07 Å². The molecule has 0 unspecified atom stereocenters. The molecule has 0 aliphatic carbocycles. The first kappa shape index (κ1) is 14.4. The normalized spacial score (nSPS) is 21.6. The molecule has 2 aromatic heterocycles. The van der Waals surface area contributed by atoms with Gasteiger partial charge in [-0.05, 0) is 43.4 Å². The largest absolute Gasteiger partial charge is 0.395 e. The van der Waals surface area contributed by atoms with Gasteiger partial charge in [0, 0.05) is 22.5 Å². The summed E-state index contributed by atoms with van der Waals surface area (Å²) in [6.07, 6.45) is 1.80. The fourth-order valence-corrected chi connectivity index (χ4v) is 4.04. The number of pyridine rings is 1. The number of hydrogen-bond donors (Lipinski definition) is 2. The molecule has 0 aromatic carbocycles. The molecule has 0 spiro atoms. The second kappa shape index (κ2) is 6.09. The number of hydrogen-bond acceptors (Lipinski definition) is 4. The zero-order valence-corrected chi connectivity index (χ0v) is 13.3. The van der Waals surface area contributed by atoms with Crippen LogP contribution in [0.15, 0.2) is 36.5 Å². The molecular weight excluding hydrogens is 302 g/mol. The molecule has 0 saturated carbocycles. The summed E-state index contributed by atoms with van der Waals surface area (Å²) in [4.78, 5) is 9.03. The Morgan fingerprint density at radius 3 is 2.86 bits per heavy atom. The van der Waals surface area contributed by atoms with Crippen molar-refractivity contribution in [2.45, 2.75) is 19.0 Å². The Bertz CT molecular complexity index is 629. The van der Waals surface area contributed by atoms with Crippen molar-refractivity contribution in [2.75, 3.05) is 13.2 Å². The Morgan fingerprint density at radius 1 is 1.38 bits per heavy atom. The Hall–Kier alpha value is -1.50.